The van der Waals surface area contributed by atoms with Crippen LogP contribution in [0.2, 0.25) is 0 Å². The topological polar surface area (TPSA) is 49.4 Å². The molecular formula is C13H15ClN2O2. The first-order valence-corrected chi connectivity index (χ1v) is 5.87. The molecule has 2 atom stereocenters. The summed E-state index contributed by atoms with van der Waals surface area (Å²) in [4.78, 5) is 25.5. The molecule has 2 amide bonds. The predicted molar refractivity (Wildman–Crippen MR) is 69.1 cm³/mol. The third-order valence-corrected chi connectivity index (χ3v) is 3.56. The van der Waals surface area contributed by atoms with Gasteiger partial charge in [-0.1, -0.05) is 30.3 Å². The number of carbonyl (C=O) groups is 2. The molecule has 1 N–H and O–H groups in total. The number of carbonyl (C=O) groups excluding carboxylic acids is 2. The van der Waals surface area contributed by atoms with Gasteiger partial charge in [0.1, 0.15) is 0 Å². The second-order valence-electron chi connectivity index (χ2n) is 4.62. The maximum Gasteiger partial charge on any atom is 0.234 e. The van der Waals surface area contributed by atoms with Crippen LogP contribution < -0.4 is 5.32 Å². The number of fused-ring (bicyclic) bond motifs is 1. The fraction of sp³-hybridized carbons (Fsp3) is 0.385. The number of benzene rings is 1. The minimum absolute atomic E-state index is 0. The van der Waals surface area contributed by atoms with Gasteiger partial charge in [0.15, 0.2) is 0 Å². The van der Waals surface area contributed by atoms with Crippen molar-refractivity contribution < 1.29 is 9.59 Å². The number of amides is 2. The summed E-state index contributed by atoms with van der Waals surface area (Å²) >= 11 is 0. The van der Waals surface area contributed by atoms with Crippen LogP contribution in [0.3, 0.4) is 0 Å². The average Bonchev–Trinajstić information content (AvgIpc) is 2.91. The summed E-state index contributed by atoms with van der Waals surface area (Å²) in [5, 5.41) is 3.10. The van der Waals surface area contributed by atoms with E-state index in [2.05, 4.69) is 5.32 Å². The molecule has 0 saturated carbocycles. The van der Waals surface area contributed by atoms with Gasteiger partial charge >= 0.3 is 0 Å². The summed E-state index contributed by atoms with van der Waals surface area (Å²) in [7, 11) is 0. The summed E-state index contributed by atoms with van der Waals surface area (Å²) in [6, 6.07) is 9.64. The number of rotatable bonds is 2. The lowest BCUT2D eigenvalue weighted by Gasteiger charge is -2.15. The Balaban J connectivity index is 0.00000120. The summed E-state index contributed by atoms with van der Waals surface area (Å²) in [6.45, 7) is 1.69. The molecule has 2 aliphatic rings. The fourth-order valence-corrected chi connectivity index (χ4v) is 2.63. The van der Waals surface area contributed by atoms with E-state index in [1.54, 1.807) is 0 Å². The first kappa shape index (κ1) is 13.1. The molecule has 3 rings (SSSR count). The Bertz CT molecular complexity index is 441. The third kappa shape index (κ3) is 2.02. The normalized spacial score (nSPS) is 26.1. The molecule has 0 radical (unpaired) electrons. The van der Waals surface area contributed by atoms with Crippen molar-refractivity contribution in [1.82, 2.24) is 10.2 Å². The molecule has 5 heteroatoms. The van der Waals surface area contributed by atoms with E-state index in [4.69, 9.17) is 0 Å². The minimum Gasteiger partial charge on any atom is -0.315 e. The van der Waals surface area contributed by atoms with Gasteiger partial charge in [0.05, 0.1) is 18.4 Å². The lowest BCUT2D eigenvalue weighted by molar-refractivity contribution is -0.140. The first-order chi connectivity index (χ1) is 8.27. The Hall–Kier alpha value is -1.39. The van der Waals surface area contributed by atoms with Crippen LogP contribution in [-0.2, 0) is 16.1 Å². The molecule has 0 aliphatic carbocycles. The zero-order valence-electron chi connectivity index (χ0n) is 9.83. The average molecular weight is 267 g/mol. The highest BCUT2D eigenvalue weighted by molar-refractivity contribution is 6.05. The van der Waals surface area contributed by atoms with Crippen molar-refractivity contribution in [2.75, 3.05) is 13.1 Å². The molecule has 4 nitrogen and oxygen atoms in total. The molecule has 18 heavy (non-hydrogen) atoms. The Morgan fingerprint density at radius 3 is 2.17 bits per heavy atom. The van der Waals surface area contributed by atoms with E-state index in [1.807, 2.05) is 30.3 Å². The molecule has 1 aromatic rings. The predicted octanol–water partition coefficient (Wildman–Crippen LogP) is 0.813. The van der Waals surface area contributed by atoms with Crippen LogP contribution in [0.25, 0.3) is 0 Å². The quantitative estimate of drug-likeness (QED) is 0.806. The van der Waals surface area contributed by atoms with Gasteiger partial charge in [0.2, 0.25) is 11.8 Å². The zero-order chi connectivity index (χ0) is 11.8. The van der Waals surface area contributed by atoms with E-state index in [9.17, 15) is 9.59 Å². The van der Waals surface area contributed by atoms with E-state index in [0.29, 0.717) is 19.6 Å². The number of nitrogens with zero attached hydrogens (tertiary/aromatic N) is 1. The second kappa shape index (κ2) is 5.08. The Morgan fingerprint density at radius 2 is 1.61 bits per heavy atom. The van der Waals surface area contributed by atoms with Gasteiger partial charge in [-0.3, -0.25) is 14.5 Å². The number of imide groups is 1. The zero-order valence-corrected chi connectivity index (χ0v) is 10.7. The van der Waals surface area contributed by atoms with Crippen molar-refractivity contribution in [3.05, 3.63) is 35.9 Å². The highest BCUT2D eigenvalue weighted by atomic mass is 35.5. The molecule has 2 aliphatic heterocycles. The highest BCUT2D eigenvalue weighted by Gasteiger charge is 2.49. The molecule has 2 heterocycles. The van der Waals surface area contributed by atoms with Gasteiger partial charge in [-0.15, -0.1) is 12.4 Å². The molecule has 0 aromatic heterocycles. The molecule has 2 fully saturated rings. The van der Waals surface area contributed by atoms with Crippen molar-refractivity contribution in [3.63, 3.8) is 0 Å². The van der Waals surface area contributed by atoms with Crippen LogP contribution in [0.1, 0.15) is 5.56 Å². The van der Waals surface area contributed by atoms with Crippen molar-refractivity contribution in [1.29, 1.82) is 0 Å². The van der Waals surface area contributed by atoms with E-state index in [1.165, 1.54) is 4.90 Å². The maximum atomic E-state index is 12.1. The number of hydrogen-bond donors (Lipinski definition) is 1. The van der Waals surface area contributed by atoms with Gasteiger partial charge < -0.3 is 5.32 Å². The number of likely N-dealkylation sites (tertiary alicyclic amines) is 1. The van der Waals surface area contributed by atoms with Gasteiger partial charge in [-0.05, 0) is 5.56 Å². The summed E-state index contributed by atoms with van der Waals surface area (Å²) in [5.74, 6) is -0.305. The summed E-state index contributed by atoms with van der Waals surface area (Å²) in [5.41, 5.74) is 1.00. The van der Waals surface area contributed by atoms with Crippen LogP contribution in [-0.4, -0.2) is 29.8 Å². The number of hydrogen-bond acceptors (Lipinski definition) is 3. The molecule has 1 aromatic carbocycles. The monoisotopic (exact) mass is 266 g/mol. The largest absolute Gasteiger partial charge is 0.315 e. The van der Waals surface area contributed by atoms with E-state index >= 15 is 0 Å². The van der Waals surface area contributed by atoms with Crippen molar-refractivity contribution in [3.8, 4) is 0 Å². The summed E-state index contributed by atoms with van der Waals surface area (Å²) < 4.78 is 0. The van der Waals surface area contributed by atoms with E-state index in [-0.39, 0.29) is 36.1 Å². The third-order valence-electron chi connectivity index (χ3n) is 3.56. The van der Waals surface area contributed by atoms with E-state index < -0.39 is 0 Å². The Labute approximate surface area is 112 Å². The Morgan fingerprint density at radius 1 is 1.06 bits per heavy atom. The standard InChI is InChI=1S/C13H14N2O2.ClH/c16-12-10-6-14-7-11(10)13(17)15(12)8-9-4-2-1-3-5-9;/h1-5,10-11,14H,6-8H2;1H/t10-,11+;. The first-order valence-electron chi connectivity index (χ1n) is 5.87. The van der Waals surface area contributed by atoms with Crippen LogP contribution in [0, 0.1) is 11.8 Å². The van der Waals surface area contributed by atoms with Crippen LogP contribution in [0.15, 0.2) is 30.3 Å². The van der Waals surface area contributed by atoms with Gasteiger partial charge in [0.25, 0.3) is 0 Å². The highest BCUT2D eigenvalue weighted by Crippen LogP contribution is 2.30. The van der Waals surface area contributed by atoms with Gasteiger partial charge in [-0.2, -0.15) is 0 Å². The van der Waals surface area contributed by atoms with Crippen molar-refractivity contribution in [2.24, 2.45) is 11.8 Å². The molecule has 0 bridgehead atoms. The lowest BCUT2D eigenvalue weighted by Crippen LogP contribution is -2.34. The van der Waals surface area contributed by atoms with Crippen LogP contribution >= 0.6 is 12.4 Å². The van der Waals surface area contributed by atoms with Crippen LogP contribution in [0.4, 0.5) is 0 Å². The van der Waals surface area contributed by atoms with E-state index in [0.717, 1.165) is 5.56 Å². The molecule has 0 unspecified atom stereocenters. The molecule has 0 spiro atoms. The smallest absolute Gasteiger partial charge is 0.234 e. The van der Waals surface area contributed by atoms with Crippen molar-refractivity contribution >= 4 is 24.2 Å². The molecule has 2 saturated heterocycles. The molecule has 96 valence electrons. The minimum atomic E-state index is -0.133. The maximum absolute atomic E-state index is 12.1. The lowest BCUT2D eigenvalue weighted by atomic mass is 10.00. The Kier molecular flexibility index (Phi) is 3.68. The summed E-state index contributed by atoms with van der Waals surface area (Å²) in [6.07, 6.45) is 0. The fourth-order valence-electron chi connectivity index (χ4n) is 2.63. The molecular weight excluding hydrogens is 252 g/mol. The van der Waals surface area contributed by atoms with Gasteiger partial charge in [-0.25, -0.2) is 0 Å². The van der Waals surface area contributed by atoms with Crippen LogP contribution in [0.5, 0.6) is 0 Å². The SMILES string of the molecule is Cl.O=C1[C@H]2CNC[C@H]2C(=O)N1Cc1ccccc1. The number of halogens is 1. The van der Waals surface area contributed by atoms with Crippen molar-refractivity contribution in [2.45, 2.75) is 6.54 Å². The second-order valence-corrected chi connectivity index (χ2v) is 4.62. The van der Waals surface area contributed by atoms with Gasteiger partial charge in [0, 0.05) is 13.1 Å². The number of nitrogens with one attached hydrogen (secondary N) is 1.